The number of rotatable bonds is 1. The highest BCUT2D eigenvalue weighted by Crippen LogP contribution is 2.51. The van der Waals surface area contributed by atoms with Gasteiger partial charge in [-0.3, -0.25) is 9.69 Å². The molecule has 2 atom stereocenters. The van der Waals surface area contributed by atoms with E-state index < -0.39 is 0 Å². The third kappa shape index (κ3) is 2.21. The molecule has 1 amide bonds. The normalized spacial score (nSPS) is 22.4. The fourth-order valence-corrected chi connectivity index (χ4v) is 5.12. The molecule has 0 spiro atoms. The molecule has 2 heterocycles. The molecule has 0 aliphatic carbocycles. The summed E-state index contributed by atoms with van der Waals surface area (Å²) in [6.45, 7) is 6.51. The summed E-state index contributed by atoms with van der Waals surface area (Å²) < 4.78 is 0. The summed E-state index contributed by atoms with van der Waals surface area (Å²) in [6, 6.07) is 13.3. The Morgan fingerprint density at radius 1 is 1.04 bits per heavy atom. The monoisotopic (exact) mass is 323 g/mol. The van der Waals surface area contributed by atoms with Gasteiger partial charge in [-0.1, -0.05) is 48.4 Å². The average Bonchev–Trinajstić information content (AvgIpc) is 2.86. The van der Waals surface area contributed by atoms with E-state index in [0.29, 0.717) is 11.7 Å². The van der Waals surface area contributed by atoms with Gasteiger partial charge in [-0.15, -0.1) is 11.8 Å². The maximum atomic E-state index is 12.6. The second kappa shape index (κ2) is 5.41. The molecule has 0 radical (unpaired) electrons. The van der Waals surface area contributed by atoms with Crippen LogP contribution in [0.1, 0.15) is 52.5 Å². The van der Waals surface area contributed by atoms with Crippen LogP contribution in [-0.4, -0.2) is 11.7 Å². The molecule has 0 saturated carbocycles. The first kappa shape index (κ1) is 14.8. The topological polar surface area (TPSA) is 20.3 Å². The van der Waals surface area contributed by atoms with Gasteiger partial charge in [-0.05, 0) is 43.0 Å². The SMILES string of the molecule is CC[C@@H]1c2ccc(C)cc2[C@H]2SCC(=O)N2c2ccc(C)cc21. The van der Waals surface area contributed by atoms with Gasteiger partial charge in [0.05, 0.1) is 5.75 Å². The van der Waals surface area contributed by atoms with E-state index in [0.717, 1.165) is 12.1 Å². The minimum absolute atomic E-state index is 0.121. The van der Waals surface area contributed by atoms with Crippen molar-refractivity contribution >= 4 is 23.4 Å². The van der Waals surface area contributed by atoms with E-state index in [1.807, 2.05) is 4.90 Å². The molecule has 2 nitrogen and oxygen atoms in total. The Morgan fingerprint density at radius 2 is 1.74 bits per heavy atom. The molecule has 0 unspecified atom stereocenters. The lowest BCUT2D eigenvalue weighted by Crippen LogP contribution is -2.27. The van der Waals surface area contributed by atoms with Crippen LogP contribution in [0.15, 0.2) is 36.4 Å². The number of anilines is 1. The number of carbonyl (C=O) groups is 1. The van der Waals surface area contributed by atoms with Gasteiger partial charge in [0.15, 0.2) is 0 Å². The van der Waals surface area contributed by atoms with Crippen LogP contribution in [0.25, 0.3) is 0 Å². The van der Waals surface area contributed by atoms with Gasteiger partial charge in [-0.25, -0.2) is 0 Å². The lowest BCUT2D eigenvalue weighted by Gasteiger charge is -2.24. The van der Waals surface area contributed by atoms with E-state index in [9.17, 15) is 4.79 Å². The summed E-state index contributed by atoms with van der Waals surface area (Å²) in [5.74, 6) is 1.16. The number of nitrogens with zero attached hydrogens (tertiary/aromatic N) is 1. The quantitative estimate of drug-likeness (QED) is 0.741. The number of amides is 1. The van der Waals surface area contributed by atoms with E-state index in [4.69, 9.17) is 0 Å². The molecule has 1 saturated heterocycles. The third-order valence-corrected chi connectivity index (χ3v) is 6.17. The molecule has 2 aromatic carbocycles. The summed E-state index contributed by atoms with van der Waals surface area (Å²) in [4.78, 5) is 14.6. The molecule has 0 bridgehead atoms. The van der Waals surface area contributed by atoms with E-state index in [2.05, 4.69) is 57.2 Å². The van der Waals surface area contributed by atoms with Crippen LogP contribution in [0.3, 0.4) is 0 Å². The van der Waals surface area contributed by atoms with E-state index in [-0.39, 0.29) is 11.3 Å². The highest BCUT2D eigenvalue weighted by molar-refractivity contribution is 8.00. The minimum atomic E-state index is 0.121. The zero-order valence-electron chi connectivity index (χ0n) is 13.8. The van der Waals surface area contributed by atoms with Gasteiger partial charge >= 0.3 is 0 Å². The van der Waals surface area contributed by atoms with Gasteiger partial charge in [0.2, 0.25) is 5.91 Å². The molecule has 2 aromatic rings. The molecule has 4 rings (SSSR count). The van der Waals surface area contributed by atoms with Gasteiger partial charge in [0.1, 0.15) is 5.37 Å². The van der Waals surface area contributed by atoms with Gasteiger partial charge < -0.3 is 0 Å². The van der Waals surface area contributed by atoms with Crippen molar-refractivity contribution in [3.8, 4) is 0 Å². The van der Waals surface area contributed by atoms with Crippen molar-refractivity contribution in [2.75, 3.05) is 10.7 Å². The Morgan fingerprint density at radius 3 is 2.48 bits per heavy atom. The number of hydrogen-bond acceptors (Lipinski definition) is 2. The van der Waals surface area contributed by atoms with Crippen LogP contribution in [-0.2, 0) is 4.79 Å². The van der Waals surface area contributed by atoms with Crippen LogP contribution >= 0.6 is 11.8 Å². The molecule has 0 aromatic heterocycles. The Balaban J connectivity index is 2.04. The first-order chi connectivity index (χ1) is 11.1. The third-order valence-electron chi connectivity index (χ3n) is 4.98. The molecule has 2 aliphatic rings. The Kier molecular flexibility index (Phi) is 3.49. The summed E-state index contributed by atoms with van der Waals surface area (Å²) in [6.07, 6.45) is 1.05. The maximum Gasteiger partial charge on any atom is 0.238 e. The first-order valence-corrected chi connectivity index (χ1v) is 9.29. The average molecular weight is 323 g/mol. The van der Waals surface area contributed by atoms with Crippen LogP contribution in [0, 0.1) is 13.8 Å². The second-order valence-corrected chi connectivity index (χ2v) is 7.65. The lowest BCUT2D eigenvalue weighted by molar-refractivity contribution is -0.115. The molecule has 3 heteroatoms. The summed E-state index contributed by atoms with van der Waals surface area (Å²) in [5.41, 5.74) is 7.64. The molecular formula is C20H21NOS. The highest BCUT2D eigenvalue weighted by Gasteiger charge is 2.40. The number of carbonyl (C=O) groups excluding carboxylic acids is 1. The van der Waals surface area contributed by atoms with Gasteiger partial charge in [0, 0.05) is 11.6 Å². The zero-order valence-corrected chi connectivity index (χ0v) is 14.6. The van der Waals surface area contributed by atoms with Crippen LogP contribution in [0.5, 0.6) is 0 Å². The summed E-state index contributed by atoms with van der Waals surface area (Å²) in [5, 5.41) is 0.121. The van der Waals surface area contributed by atoms with E-state index in [1.54, 1.807) is 11.8 Å². The molecule has 0 N–H and O–H groups in total. The van der Waals surface area contributed by atoms with Crippen LogP contribution < -0.4 is 4.90 Å². The number of hydrogen-bond donors (Lipinski definition) is 0. The van der Waals surface area contributed by atoms with Crippen molar-refractivity contribution in [3.05, 3.63) is 64.2 Å². The smallest absolute Gasteiger partial charge is 0.238 e. The van der Waals surface area contributed by atoms with Gasteiger partial charge in [0.25, 0.3) is 0 Å². The van der Waals surface area contributed by atoms with Crippen molar-refractivity contribution in [1.82, 2.24) is 0 Å². The minimum Gasteiger partial charge on any atom is -0.295 e. The lowest BCUT2D eigenvalue weighted by atomic mass is 9.85. The second-order valence-electron chi connectivity index (χ2n) is 6.58. The summed E-state index contributed by atoms with van der Waals surface area (Å²) >= 11 is 1.76. The Bertz CT molecular complexity index is 798. The number of benzene rings is 2. The number of fused-ring (bicyclic) bond motifs is 5. The van der Waals surface area contributed by atoms with Crippen molar-refractivity contribution in [2.24, 2.45) is 0 Å². The largest absolute Gasteiger partial charge is 0.295 e. The first-order valence-electron chi connectivity index (χ1n) is 8.24. The Hall–Kier alpha value is -1.74. The van der Waals surface area contributed by atoms with Crippen LogP contribution in [0.2, 0.25) is 0 Å². The fourth-order valence-electron chi connectivity index (χ4n) is 3.92. The predicted molar refractivity (Wildman–Crippen MR) is 97.2 cm³/mol. The van der Waals surface area contributed by atoms with Crippen molar-refractivity contribution in [2.45, 2.75) is 38.5 Å². The van der Waals surface area contributed by atoms with Crippen molar-refractivity contribution in [1.29, 1.82) is 0 Å². The predicted octanol–water partition coefficient (Wildman–Crippen LogP) is 4.94. The van der Waals surface area contributed by atoms with Crippen molar-refractivity contribution < 1.29 is 4.79 Å². The molecule has 118 valence electrons. The Labute approximate surface area is 141 Å². The molecular weight excluding hydrogens is 302 g/mol. The van der Waals surface area contributed by atoms with Crippen LogP contribution in [0.4, 0.5) is 5.69 Å². The van der Waals surface area contributed by atoms with E-state index in [1.165, 1.54) is 27.8 Å². The number of aryl methyl sites for hydroxylation is 2. The highest BCUT2D eigenvalue weighted by atomic mass is 32.2. The summed E-state index contributed by atoms with van der Waals surface area (Å²) in [7, 11) is 0. The molecule has 2 aliphatic heterocycles. The zero-order chi connectivity index (χ0) is 16.1. The van der Waals surface area contributed by atoms with E-state index >= 15 is 0 Å². The van der Waals surface area contributed by atoms with Crippen molar-refractivity contribution in [3.63, 3.8) is 0 Å². The molecule has 23 heavy (non-hydrogen) atoms. The standard InChI is InChI=1S/C20H21NOS/c1-4-14-15-7-5-12(2)10-17(15)20-21(19(22)11-23-20)18-8-6-13(3)9-16(14)18/h5-10,14,20H,4,11H2,1-3H3/t14-,20-/m1/s1. The number of thioether (sulfide) groups is 1. The molecule has 1 fully saturated rings. The van der Waals surface area contributed by atoms with Gasteiger partial charge in [-0.2, -0.15) is 0 Å². The fraction of sp³-hybridized carbons (Fsp3) is 0.350. The maximum absolute atomic E-state index is 12.6.